The maximum Gasteiger partial charge on any atom is 0.213 e. The molecule has 0 aliphatic heterocycles. The third kappa shape index (κ3) is 4.54. The molecule has 0 aliphatic rings. The summed E-state index contributed by atoms with van der Waals surface area (Å²) >= 11 is 0. The highest BCUT2D eigenvalue weighted by atomic mass is 32.2. The summed E-state index contributed by atoms with van der Waals surface area (Å²) in [6.07, 6.45) is 2.82. The Balaban J connectivity index is 1.76. The van der Waals surface area contributed by atoms with Crippen molar-refractivity contribution in [3.05, 3.63) is 72.7 Å². The van der Waals surface area contributed by atoms with E-state index in [1.807, 2.05) is 0 Å². The maximum atomic E-state index is 13.0. The van der Waals surface area contributed by atoms with Gasteiger partial charge in [-0.15, -0.1) is 0 Å². The van der Waals surface area contributed by atoms with E-state index in [9.17, 15) is 8.42 Å². The fourth-order valence-corrected chi connectivity index (χ4v) is 5.03. The second kappa shape index (κ2) is 9.82. The van der Waals surface area contributed by atoms with Crippen LogP contribution in [-0.4, -0.2) is 59.2 Å². The zero-order valence-electron chi connectivity index (χ0n) is 20.2. The molecule has 37 heavy (non-hydrogen) atoms. The van der Waals surface area contributed by atoms with Gasteiger partial charge in [0, 0.05) is 12.3 Å². The quantitative estimate of drug-likeness (QED) is 0.301. The van der Waals surface area contributed by atoms with Crippen LogP contribution < -0.4 is 14.2 Å². The van der Waals surface area contributed by atoms with Crippen molar-refractivity contribution in [1.29, 1.82) is 0 Å². The summed E-state index contributed by atoms with van der Waals surface area (Å²) in [7, 11) is 0.841. The van der Waals surface area contributed by atoms with Crippen LogP contribution >= 0.6 is 0 Å². The van der Waals surface area contributed by atoms with E-state index in [2.05, 4.69) is 24.9 Å². The number of hydrogen-bond donors (Lipinski definition) is 0. The number of para-hydroxylation sites is 1. The van der Waals surface area contributed by atoms with E-state index in [0.29, 0.717) is 40.2 Å². The molecule has 0 unspecified atom stereocenters. The van der Waals surface area contributed by atoms with Crippen LogP contribution in [0.1, 0.15) is 5.69 Å². The highest BCUT2D eigenvalue weighted by Crippen LogP contribution is 2.37. The monoisotopic (exact) mass is 518 g/mol. The van der Waals surface area contributed by atoms with E-state index in [1.165, 1.54) is 39.8 Å². The number of pyridine rings is 2. The average Bonchev–Trinajstić information content (AvgIpc) is 3.31. The second-order valence-corrected chi connectivity index (χ2v) is 9.72. The first-order chi connectivity index (χ1) is 17.9. The lowest BCUT2D eigenvalue weighted by Gasteiger charge is -2.16. The zero-order valence-corrected chi connectivity index (χ0v) is 21.0. The molecule has 11 nitrogen and oxygen atoms in total. The van der Waals surface area contributed by atoms with Gasteiger partial charge in [0.25, 0.3) is 0 Å². The summed E-state index contributed by atoms with van der Waals surface area (Å²) in [6, 6.07) is 15.3. The molecule has 4 heterocycles. The Labute approximate surface area is 212 Å². The highest BCUT2D eigenvalue weighted by molar-refractivity contribution is 7.90. The minimum absolute atomic E-state index is 0.0435. The average molecular weight is 519 g/mol. The number of hydrogen-bond acceptors (Lipinski definition) is 10. The predicted octanol–water partition coefficient (Wildman–Crippen LogP) is 3.27. The van der Waals surface area contributed by atoms with Crippen LogP contribution in [0.2, 0.25) is 0 Å². The van der Waals surface area contributed by atoms with Crippen molar-refractivity contribution in [1.82, 2.24) is 29.5 Å². The number of sulfone groups is 1. The number of methoxy groups -OCH3 is 3. The molecule has 0 fully saturated rings. The molecule has 4 aromatic heterocycles. The molecule has 0 spiro atoms. The van der Waals surface area contributed by atoms with Crippen LogP contribution in [0, 0.1) is 0 Å². The maximum absolute atomic E-state index is 13.0. The van der Waals surface area contributed by atoms with Crippen LogP contribution in [0.3, 0.4) is 0 Å². The fraction of sp³-hybridized carbons (Fsp3) is 0.160. The molecule has 188 valence electrons. The van der Waals surface area contributed by atoms with Crippen LogP contribution in [-0.2, 0) is 15.6 Å². The Kier molecular flexibility index (Phi) is 6.40. The summed E-state index contributed by atoms with van der Waals surface area (Å²) in [5.74, 6) is 1.35. The molecule has 0 amide bonds. The van der Waals surface area contributed by atoms with Crippen molar-refractivity contribution in [3.8, 4) is 34.6 Å². The van der Waals surface area contributed by atoms with Crippen molar-refractivity contribution in [2.45, 2.75) is 10.8 Å². The normalized spacial score (nSPS) is 11.4. The van der Waals surface area contributed by atoms with Crippen molar-refractivity contribution < 1.29 is 22.6 Å². The van der Waals surface area contributed by atoms with Gasteiger partial charge in [0.15, 0.2) is 22.1 Å². The van der Waals surface area contributed by atoms with Gasteiger partial charge in [-0.3, -0.25) is 4.57 Å². The molecule has 0 saturated heterocycles. The number of ether oxygens (including phenoxy) is 3. The van der Waals surface area contributed by atoms with Crippen LogP contribution in [0.5, 0.6) is 17.4 Å². The first-order valence-corrected chi connectivity index (χ1v) is 12.7. The van der Waals surface area contributed by atoms with Gasteiger partial charge in [0.1, 0.15) is 28.6 Å². The molecular formula is C25H22N6O5S. The Morgan fingerprint density at radius 2 is 1.57 bits per heavy atom. The first kappa shape index (κ1) is 24.1. The number of nitrogens with zero attached hydrogens (tertiary/aromatic N) is 6. The van der Waals surface area contributed by atoms with E-state index in [-0.39, 0.29) is 16.4 Å². The van der Waals surface area contributed by atoms with Gasteiger partial charge in [0.2, 0.25) is 15.7 Å². The van der Waals surface area contributed by atoms with E-state index < -0.39 is 15.6 Å². The summed E-state index contributed by atoms with van der Waals surface area (Å²) in [5.41, 5.74) is 1.80. The first-order valence-electron chi connectivity index (χ1n) is 11.1. The van der Waals surface area contributed by atoms with Crippen LogP contribution in [0.4, 0.5) is 0 Å². The van der Waals surface area contributed by atoms with Gasteiger partial charge in [-0.25, -0.2) is 33.3 Å². The van der Waals surface area contributed by atoms with Crippen molar-refractivity contribution in [2.24, 2.45) is 0 Å². The van der Waals surface area contributed by atoms with Crippen molar-refractivity contribution in [2.75, 3.05) is 21.3 Å². The molecule has 0 saturated carbocycles. The Morgan fingerprint density at radius 3 is 2.24 bits per heavy atom. The molecule has 0 atom stereocenters. The Hall–Kier alpha value is -4.58. The minimum Gasteiger partial charge on any atom is -0.494 e. The molecule has 5 aromatic rings. The van der Waals surface area contributed by atoms with Gasteiger partial charge in [-0.05, 0) is 30.3 Å². The predicted molar refractivity (Wildman–Crippen MR) is 135 cm³/mol. The summed E-state index contributed by atoms with van der Waals surface area (Å²) in [5, 5.41) is -0.0435. The smallest absolute Gasteiger partial charge is 0.213 e. The second-order valence-electron chi connectivity index (χ2n) is 7.78. The van der Waals surface area contributed by atoms with Crippen LogP contribution in [0.25, 0.3) is 28.5 Å². The minimum atomic E-state index is -3.76. The topological polar surface area (TPSA) is 131 Å². The number of aromatic nitrogens is 6. The molecule has 0 aliphatic carbocycles. The summed E-state index contributed by atoms with van der Waals surface area (Å²) in [4.78, 5) is 22.3. The molecule has 0 bridgehead atoms. The van der Waals surface area contributed by atoms with Gasteiger partial charge < -0.3 is 14.2 Å². The Bertz CT molecular complexity index is 1670. The van der Waals surface area contributed by atoms with Gasteiger partial charge >= 0.3 is 0 Å². The lowest BCUT2D eigenvalue weighted by Crippen LogP contribution is -2.09. The fourth-order valence-electron chi connectivity index (χ4n) is 3.85. The SMILES string of the molecule is COc1cccc(-c2nc3ncc(CS(=O)(=O)c4ccccn4)nc3n2-c2c(OC)cccc2OC)n1. The third-order valence-corrected chi connectivity index (χ3v) is 7.06. The van der Waals surface area contributed by atoms with Gasteiger partial charge in [0.05, 0.1) is 33.2 Å². The Morgan fingerprint density at radius 1 is 0.811 bits per heavy atom. The van der Waals surface area contributed by atoms with Crippen molar-refractivity contribution >= 4 is 21.1 Å². The van der Waals surface area contributed by atoms with E-state index in [1.54, 1.807) is 53.1 Å². The van der Waals surface area contributed by atoms with E-state index in [0.717, 1.165) is 0 Å². The van der Waals surface area contributed by atoms with Crippen LogP contribution in [0.15, 0.2) is 72.0 Å². The summed E-state index contributed by atoms with van der Waals surface area (Å²) < 4.78 is 44.2. The van der Waals surface area contributed by atoms with E-state index >= 15 is 0 Å². The van der Waals surface area contributed by atoms with Gasteiger partial charge in [-0.2, -0.15) is 0 Å². The largest absolute Gasteiger partial charge is 0.494 e. The third-order valence-electron chi connectivity index (χ3n) is 5.50. The summed E-state index contributed by atoms with van der Waals surface area (Å²) in [6.45, 7) is 0. The number of imidazole rings is 1. The molecule has 0 N–H and O–H groups in total. The van der Waals surface area contributed by atoms with Crippen molar-refractivity contribution in [3.63, 3.8) is 0 Å². The zero-order chi connectivity index (χ0) is 26.0. The number of fused-ring (bicyclic) bond motifs is 1. The number of benzene rings is 1. The standard InChI is InChI=1S/C25H22N6O5S/c1-34-18-9-7-10-19(35-2)22(18)31-24(17-8-6-11-20(29-17)36-3)30-23-25(31)28-16(14-27-23)15-37(32,33)21-12-4-5-13-26-21/h4-14H,15H2,1-3H3. The lowest BCUT2D eigenvalue weighted by molar-refractivity contribution is 0.391. The number of rotatable bonds is 8. The molecule has 5 rings (SSSR count). The molecule has 1 aromatic carbocycles. The molecule has 0 radical (unpaired) electrons. The highest BCUT2D eigenvalue weighted by Gasteiger charge is 2.25. The molecular weight excluding hydrogens is 496 g/mol. The van der Waals surface area contributed by atoms with E-state index in [4.69, 9.17) is 14.2 Å². The molecule has 12 heteroatoms. The lowest BCUT2D eigenvalue weighted by atomic mass is 10.2. The van der Waals surface area contributed by atoms with Gasteiger partial charge in [-0.1, -0.05) is 18.2 Å².